The van der Waals surface area contributed by atoms with E-state index in [2.05, 4.69) is 27.9 Å². The molecule has 20 heavy (non-hydrogen) atoms. The summed E-state index contributed by atoms with van der Waals surface area (Å²) in [6.45, 7) is 5.73. The van der Waals surface area contributed by atoms with E-state index < -0.39 is 0 Å². The number of unbranched alkanes of at least 4 members (excludes halogenated alkanes) is 9. The Morgan fingerprint density at radius 3 is 1.60 bits per heavy atom. The fourth-order valence-corrected chi connectivity index (χ4v) is 3.05. The molecule has 1 nitrogen and oxygen atoms in total. The van der Waals surface area contributed by atoms with Crippen molar-refractivity contribution >= 4 is 11.6 Å². The molecule has 0 fully saturated rings. The van der Waals surface area contributed by atoms with Gasteiger partial charge in [-0.05, 0) is 19.3 Å². The van der Waals surface area contributed by atoms with Gasteiger partial charge >= 0.3 is 0 Å². The van der Waals surface area contributed by atoms with Crippen molar-refractivity contribution in [1.82, 2.24) is 0 Å². The highest BCUT2D eigenvalue weighted by molar-refractivity contribution is 6.19. The van der Waals surface area contributed by atoms with Crippen LogP contribution in [0.25, 0.3) is 0 Å². The van der Waals surface area contributed by atoms with Gasteiger partial charge in [-0.2, -0.15) is 0 Å². The number of halogens is 1. The van der Waals surface area contributed by atoms with Gasteiger partial charge in [0.25, 0.3) is 0 Å². The standard InChI is InChI=1S/C18H39ClN/c1-5-7-8-9-10-11-12-13-14-15-17-20(3,4)18(19)16-6-2/h18H,5-17H2,1-4H3/q+1. The van der Waals surface area contributed by atoms with E-state index in [0.29, 0.717) is 5.50 Å². The predicted molar refractivity (Wildman–Crippen MR) is 93.4 cm³/mol. The molecule has 0 aromatic carbocycles. The molecular weight excluding hydrogens is 266 g/mol. The molecule has 0 aliphatic carbocycles. The topological polar surface area (TPSA) is 0 Å². The number of rotatable bonds is 14. The summed E-state index contributed by atoms with van der Waals surface area (Å²) in [4.78, 5) is 0. The molecule has 0 aromatic heterocycles. The molecule has 0 amide bonds. The number of hydrogen-bond donors (Lipinski definition) is 0. The van der Waals surface area contributed by atoms with Crippen LogP contribution >= 0.6 is 11.6 Å². The molecule has 122 valence electrons. The fraction of sp³-hybridized carbons (Fsp3) is 1.00. The minimum Gasteiger partial charge on any atom is -0.313 e. The van der Waals surface area contributed by atoms with Crippen molar-refractivity contribution in [2.24, 2.45) is 0 Å². The Balaban J connectivity index is 3.38. The van der Waals surface area contributed by atoms with E-state index in [1.165, 1.54) is 77.2 Å². The van der Waals surface area contributed by atoms with Crippen molar-refractivity contribution < 1.29 is 4.48 Å². The summed E-state index contributed by atoms with van der Waals surface area (Å²) < 4.78 is 0.979. The number of quaternary nitrogens is 1. The van der Waals surface area contributed by atoms with Gasteiger partial charge in [-0.15, -0.1) is 0 Å². The minimum atomic E-state index is 0.290. The SMILES string of the molecule is CCCCCCCCCCCC[N+](C)(C)C(Cl)CCC. The van der Waals surface area contributed by atoms with Crippen LogP contribution < -0.4 is 0 Å². The lowest BCUT2D eigenvalue weighted by Crippen LogP contribution is -2.46. The van der Waals surface area contributed by atoms with Crippen LogP contribution in [0.1, 0.15) is 90.9 Å². The molecule has 0 bridgehead atoms. The molecule has 0 saturated carbocycles. The number of alkyl halides is 1. The van der Waals surface area contributed by atoms with Gasteiger partial charge in [0.2, 0.25) is 0 Å². The lowest BCUT2D eigenvalue weighted by molar-refractivity contribution is -0.902. The van der Waals surface area contributed by atoms with Crippen molar-refractivity contribution in [2.45, 2.75) is 96.4 Å². The second-order valence-corrected chi connectivity index (χ2v) is 7.41. The van der Waals surface area contributed by atoms with Gasteiger partial charge in [0.05, 0.1) is 20.6 Å². The first-order chi connectivity index (χ1) is 9.54. The molecule has 0 heterocycles. The summed E-state index contributed by atoms with van der Waals surface area (Å²) in [6, 6.07) is 0. The molecule has 2 heteroatoms. The van der Waals surface area contributed by atoms with E-state index in [0.717, 1.165) is 10.9 Å². The highest BCUT2D eigenvalue weighted by Gasteiger charge is 2.24. The number of hydrogen-bond acceptors (Lipinski definition) is 0. The zero-order valence-corrected chi connectivity index (χ0v) is 15.4. The zero-order chi connectivity index (χ0) is 15.3. The van der Waals surface area contributed by atoms with Gasteiger partial charge in [0.15, 0.2) is 5.50 Å². The highest BCUT2D eigenvalue weighted by Crippen LogP contribution is 2.18. The van der Waals surface area contributed by atoms with Crippen LogP contribution in [-0.2, 0) is 0 Å². The Kier molecular flexibility index (Phi) is 13.1. The van der Waals surface area contributed by atoms with Gasteiger partial charge < -0.3 is 4.48 Å². The van der Waals surface area contributed by atoms with Crippen molar-refractivity contribution in [3.05, 3.63) is 0 Å². The summed E-state index contributed by atoms with van der Waals surface area (Å²) >= 11 is 6.47. The molecule has 0 aliphatic rings. The van der Waals surface area contributed by atoms with E-state index in [9.17, 15) is 0 Å². The summed E-state index contributed by atoms with van der Waals surface area (Å²) in [5, 5.41) is 0. The van der Waals surface area contributed by atoms with E-state index in [4.69, 9.17) is 11.6 Å². The molecule has 1 unspecified atom stereocenters. The van der Waals surface area contributed by atoms with Crippen LogP contribution in [0, 0.1) is 0 Å². The van der Waals surface area contributed by atoms with Crippen LogP contribution in [0.5, 0.6) is 0 Å². The normalized spacial score (nSPS) is 13.7. The number of nitrogens with zero attached hydrogens (tertiary/aromatic N) is 1. The molecule has 0 saturated heterocycles. The lowest BCUT2D eigenvalue weighted by atomic mass is 10.1. The smallest absolute Gasteiger partial charge is 0.164 e. The van der Waals surface area contributed by atoms with Crippen molar-refractivity contribution in [3.63, 3.8) is 0 Å². The quantitative estimate of drug-likeness (QED) is 0.152. The summed E-state index contributed by atoms with van der Waals surface area (Å²) in [5.74, 6) is 0. The van der Waals surface area contributed by atoms with Crippen LogP contribution in [0.2, 0.25) is 0 Å². The fourth-order valence-electron chi connectivity index (χ4n) is 2.73. The second kappa shape index (κ2) is 13.0. The maximum atomic E-state index is 6.47. The first kappa shape index (κ1) is 20.2. The first-order valence-electron chi connectivity index (χ1n) is 9.01. The van der Waals surface area contributed by atoms with Gasteiger partial charge in [-0.1, -0.05) is 76.8 Å². The maximum Gasteiger partial charge on any atom is 0.164 e. The highest BCUT2D eigenvalue weighted by atomic mass is 35.5. The predicted octanol–water partition coefficient (Wildman–Crippen LogP) is 6.35. The van der Waals surface area contributed by atoms with Gasteiger partial charge in [0.1, 0.15) is 0 Å². The second-order valence-electron chi connectivity index (χ2n) is 6.91. The third-order valence-electron chi connectivity index (χ3n) is 4.37. The van der Waals surface area contributed by atoms with Crippen LogP contribution in [0.15, 0.2) is 0 Å². The van der Waals surface area contributed by atoms with Crippen molar-refractivity contribution in [3.8, 4) is 0 Å². The molecule has 0 radical (unpaired) electrons. The molecule has 0 aliphatic heterocycles. The largest absolute Gasteiger partial charge is 0.313 e. The zero-order valence-electron chi connectivity index (χ0n) is 14.6. The van der Waals surface area contributed by atoms with Gasteiger partial charge in [0, 0.05) is 6.42 Å². The minimum absolute atomic E-state index is 0.290. The molecule has 0 rings (SSSR count). The average Bonchev–Trinajstić information content (AvgIpc) is 2.41. The molecule has 1 atom stereocenters. The van der Waals surface area contributed by atoms with E-state index in [-0.39, 0.29) is 0 Å². The molecular formula is C18H39ClN+. The third kappa shape index (κ3) is 11.0. The third-order valence-corrected chi connectivity index (χ3v) is 5.12. The van der Waals surface area contributed by atoms with Gasteiger partial charge in [-0.25, -0.2) is 0 Å². The van der Waals surface area contributed by atoms with Crippen LogP contribution in [-0.4, -0.2) is 30.6 Å². The first-order valence-corrected chi connectivity index (χ1v) is 9.45. The van der Waals surface area contributed by atoms with Crippen molar-refractivity contribution in [1.29, 1.82) is 0 Å². The average molecular weight is 305 g/mol. The molecule has 0 aromatic rings. The summed E-state index contributed by atoms with van der Waals surface area (Å²) in [7, 11) is 4.56. The van der Waals surface area contributed by atoms with Crippen LogP contribution in [0.3, 0.4) is 0 Å². The maximum absolute atomic E-state index is 6.47. The lowest BCUT2D eigenvalue weighted by Gasteiger charge is -2.34. The monoisotopic (exact) mass is 304 g/mol. The summed E-state index contributed by atoms with van der Waals surface area (Å²) in [5.41, 5.74) is 0.290. The molecule has 0 spiro atoms. The Labute approximate surface area is 133 Å². The Morgan fingerprint density at radius 1 is 0.700 bits per heavy atom. The molecule has 0 N–H and O–H groups in total. The van der Waals surface area contributed by atoms with E-state index in [1.54, 1.807) is 0 Å². The Hall–Kier alpha value is 0.250. The van der Waals surface area contributed by atoms with Crippen molar-refractivity contribution in [2.75, 3.05) is 20.6 Å². The van der Waals surface area contributed by atoms with Crippen LogP contribution in [0.4, 0.5) is 0 Å². The van der Waals surface area contributed by atoms with E-state index in [1.807, 2.05) is 0 Å². The Bertz CT molecular complexity index is 204. The summed E-state index contributed by atoms with van der Waals surface area (Å²) in [6.07, 6.45) is 16.4. The van der Waals surface area contributed by atoms with Gasteiger partial charge in [-0.3, -0.25) is 0 Å². The Morgan fingerprint density at radius 2 is 1.15 bits per heavy atom. The van der Waals surface area contributed by atoms with E-state index >= 15 is 0 Å².